The van der Waals surface area contributed by atoms with Gasteiger partial charge >= 0.3 is 6.09 Å². The molecular formula is C24H22ClN3O3. The highest BCUT2D eigenvalue weighted by molar-refractivity contribution is 6.24. The molecule has 0 saturated carbocycles. The Morgan fingerprint density at radius 3 is 2.87 bits per heavy atom. The van der Waals surface area contributed by atoms with Gasteiger partial charge in [0.05, 0.1) is 5.38 Å². The van der Waals surface area contributed by atoms with Crippen molar-refractivity contribution < 1.29 is 14.3 Å². The van der Waals surface area contributed by atoms with Crippen LogP contribution in [0, 0.1) is 23.2 Å². The van der Waals surface area contributed by atoms with Crippen molar-refractivity contribution in [3.8, 4) is 23.7 Å². The number of fused-ring (bicyclic) bond motifs is 3. The Morgan fingerprint density at radius 1 is 1.32 bits per heavy atom. The van der Waals surface area contributed by atoms with Gasteiger partial charge in [-0.15, -0.1) is 17.5 Å². The van der Waals surface area contributed by atoms with Crippen LogP contribution < -0.4 is 15.3 Å². The third-order valence-corrected chi connectivity index (χ3v) is 5.77. The lowest BCUT2D eigenvalue weighted by Crippen LogP contribution is -2.42. The molecule has 2 unspecified atom stereocenters. The summed E-state index contributed by atoms with van der Waals surface area (Å²) in [6.07, 6.45) is 5.28. The monoisotopic (exact) mass is 435 g/mol. The zero-order chi connectivity index (χ0) is 21.8. The molecule has 1 aliphatic heterocycles. The lowest BCUT2D eigenvalue weighted by Gasteiger charge is -2.35. The minimum absolute atomic E-state index is 0.0154. The number of amides is 1. The van der Waals surface area contributed by atoms with Crippen LogP contribution in [-0.4, -0.2) is 41.1 Å². The number of alkyl halides is 1. The first-order valence-electron chi connectivity index (χ1n) is 10.1. The zero-order valence-electron chi connectivity index (χ0n) is 17.2. The molecule has 2 atom stereocenters. The van der Waals surface area contributed by atoms with E-state index in [4.69, 9.17) is 26.3 Å². The third-order valence-electron chi connectivity index (χ3n) is 5.47. The second-order valence-corrected chi connectivity index (χ2v) is 7.87. The van der Waals surface area contributed by atoms with Crippen LogP contribution in [-0.2, 0) is 11.2 Å². The normalized spacial score (nSPS) is 18.8. The summed E-state index contributed by atoms with van der Waals surface area (Å²) in [7, 11) is 0. The summed E-state index contributed by atoms with van der Waals surface area (Å²) < 4.78 is 10.8. The maximum Gasteiger partial charge on any atom is 0.411 e. The summed E-state index contributed by atoms with van der Waals surface area (Å²) in [6, 6.07) is 9.07. The number of benzene rings is 1. The molecule has 0 saturated heterocycles. The number of H-pyrrole nitrogens is 1. The van der Waals surface area contributed by atoms with E-state index < -0.39 is 6.09 Å². The molecule has 158 valence electrons. The summed E-state index contributed by atoms with van der Waals surface area (Å²) >= 11 is 6.37. The van der Waals surface area contributed by atoms with Crippen molar-refractivity contribution in [2.24, 2.45) is 0 Å². The summed E-state index contributed by atoms with van der Waals surface area (Å²) in [6.45, 7) is 2.27. The van der Waals surface area contributed by atoms with Crippen molar-refractivity contribution in [1.82, 2.24) is 9.88 Å². The molecule has 2 aliphatic rings. The topological polar surface area (TPSA) is 78.3 Å². The molecule has 7 heteroatoms. The summed E-state index contributed by atoms with van der Waals surface area (Å²) in [5.41, 5.74) is 3.08. The van der Waals surface area contributed by atoms with Crippen LogP contribution in [0.2, 0.25) is 0 Å². The predicted molar refractivity (Wildman–Crippen MR) is 118 cm³/mol. The maximum atomic E-state index is 12.9. The predicted octanol–water partition coefficient (Wildman–Crippen LogP) is 2.60. The van der Waals surface area contributed by atoms with Gasteiger partial charge in [-0.1, -0.05) is 30.2 Å². The molecule has 1 aromatic carbocycles. The quantitative estimate of drug-likeness (QED) is 0.591. The van der Waals surface area contributed by atoms with Crippen molar-refractivity contribution >= 4 is 29.8 Å². The van der Waals surface area contributed by atoms with Crippen molar-refractivity contribution in [1.29, 1.82) is 5.26 Å². The van der Waals surface area contributed by atoms with Crippen LogP contribution in [0.5, 0.6) is 5.75 Å². The van der Waals surface area contributed by atoms with E-state index in [1.165, 1.54) is 5.56 Å². The maximum absolute atomic E-state index is 12.9. The van der Waals surface area contributed by atoms with Gasteiger partial charge in [-0.2, -0.15) is 5.26 Å². The fourth-order valence-electron chi connectivity index (χ4n) is 4.10. The number of carbonyl (C=O) groups is 1. The zero-order valence-corrected chi connectivity index (χ0v) is 17.9. The lowest BCUT2D eigenvalue weighted by atomic mass is 9.92. The SMILES string of the molecule is CC#CCOC(=O)N1CCc2c([nH]c3c2=CC(Cl)CC=3)C1c1ccc(OCC#N)cc1. The Hall–Kier alpha value is -3.35. The fourth-order valence-corrected chi connectivity index (χ4v) is 4.32. The second kappa shape index (κ2) is 9.20. The van der Waals surface area contributed by atoms with E-state index in [1.54, 1.807) is 11.8 Å². The Morgan fingerprint density at radius 2 is 2.13 bits per heavy atom. The van der Waals surface area contributed by atoms with Crippen LogP contribution in [0.1, 0.15) is 36.2 Å². The Kier molecular flexibility index (Phi) is 6.21. The van der Waals surface area contributed by atoms with Crippen molar-refractivity contribution in [2.45, 2.75) is 31.2 Å². The summed E-state index contributed by atoms with van der Waals surface area (Å²) in [5.74, 6) is 6.11. The average molecular weight is 436 g/mol. The van der Waals surface area contributed by atoms with Crippen LogP contribution in [0.25, 0.3) is 12.2 Å². The molecule has 4 rings (SSSR count). The summed E-state index contributed by atoms with van der Waals surface area (Å²) in [4.78, 5) is 18.1. The molecule has 1 N–H and O–H groups in total. The van der Waals surface area contributed by atoms with Crippen LogP contribution >= 0.6 is 11.6 Å². The van der Waals surface area contributed by atoms with Gasteiger partial charge in [0.1, 0.15) is 17.9 Å². The molecule has 0 radical (unpaired) electrons. The van der Waals surface area contributed by atoms with Gasteiger partial charge in [0.2, 0.25) is 0 Å². The highest BCUT2D eigenvalue weighted by atomic mass is 35.5. The Labute approximate surface area is 185 Å². The molecule has 1 aliphatic carbocycles. The number of aromatic amines is 1. The standard InChI is InChI=1S/C24H22ClN3O3/c1-2-3-13-31-24(29)28-12-10-19-20-15-17(25)6-9-21(20)27-22(19)23(28)16-4-7-18(8-5-16)30-14-11-26/h4-5,7-9,15,17,23,27H,6,10,12-14H2,1H3. The second-order valence-electron chi connectivity index (χ2n) is 7.31. The summed E-state index contributed by atoms with van der Waals surface area (Å²) in [5, 5.41) is 10.9. The van der Waals surface area contributed by atoms with Crippen molar-refractivity contribution in [2.75, 3.05) is 19.8 Å². The molecule has 1 aromatic heterocycles. The van der Waals surface area contributed by atoms with E-state index in [0.29, 0.717) is 18.7 Å². The van der Waals surface area contributed by atoms with Gasteiger partial charge in [0.25, 0.3) is 0 Å². The Balaban J connectivity index is 1.75. The smallest absolute Gasteiger partial charge is 0.411 e. The highest BCUT2D eigenvalue weighted by Crippen LogP contribution is 2.34. The number of aromatic nitrogens is 1. The van der Waals surface area contributed by atoms with Crippen LogP contribution in [0.3, 0.4) is 0 Å². The van der Waals surface area contributed by atoms with Crippen molar-refractivity contribution in [3.05, 3.63) is 51.7 Å². The number of nitrogens with one attached hydrogen (secondary N) is 1. The first kappa shape index (κ1) is 20.9. The molecule has 2 aromatic rings. The number of rotatable bonds is 4. The minimum Gasteiger partial charge on any atom is -0.479 e. The Bertz CT molecular complexity index is 1200. The minimum atomic E-state index is -0.404. The molecule has 31 heavy (non-hydrogen) atoms. The molecule has 6 nitrogen and oxygen atoms in total. The van der Waals surface area contributed by atoms with Gasteiger partial charge in [-0.3, -0.25) is 4.90 Å². The van der Waals surface area contributed by atoms with E-state index in [9.17, 15) is 4.79 Å². The first-order chi connectivity index (χ1) is 15.1. The third kappa shape index (κ3) is 4.26. The van der Waals surface area contributed by atoms with E-state index in [2.05, 4.69) is 29.0 Å². The van der Waals surface area contributed by atoms with E-state index in [1.807, 2.05) is 30.3 Å². The lowest BCUT2D eigenvalue weighted by molar-refractivity contribution is 0.0991. The molecule has 0 bridgehead atoms. The number of hydrogen-bond donors (Lipinski definition) is 1. The first-order valence-corrected chi connectivity index (χ1v) is 10.6. The van der Waals surface area contributed by atoms with Crippen LogP contribution in [0.15, 0.2) is 24.3 Å². The fraction of sp³-hybridized carbons (Fsp3) is 0.333. The van der Waals surface area contributed by atoms with E-state index in [-0.39, 0.29) is 24.6 Å². The van der Waals surface area contributed by atoms with Crippen molar-refractivity contribution in [3.63, 3.8) is 0 Å². The molecule has 1 amide bonds. The molecular weight excluding hydrogens is 414 g/mol. The number of halogens is 1. The van der Waals surface area contributed by atoms with Gasteiger partial charge in [0, 0.05) is 22.8 Å². The number of hydrogen-bond acceptors (Lipinski definition) is 4. The van der Waals surface area contributed by atoms with Gasteiger partial charge < -0.3 is 14.5 Å². The van der Waals surface area contributed by atoms with Gasteiger partial charge in [-0.05, 0) is 43.0 Å². The largest absolute Gasteiger partial charge is 0.479 e. The highest BCUT2D eigenvalue weighted by Gasteiger charge is 2.35. The number of carbonyl (C=O) groups excluding carboxylic acids is 1. The average Bonchev–Trinajstić information content (AvgIpc) is 3.15. The number of nitriles is 1. The van der Waals surface area contributed by atoms with Gasteiger partial charge in [0.15, 0.2) is 13.2 Å². The van der Waals surface area contributed by atoms with E-state index >= 15 is 0 Å². The number of nitrogens with zero attached hydrogens (tertiary/aromatic N) is 2. The molecule has 0 spiro atoms. The molecule has 0 fully saturated rings. The van der Waals surface area contributed by atoms with E-state index in [0.717, 1.165) is 28.2 Å². The number of ether oxygens (including phenoxy) is 2. The van der Waals surface area contributed by atoms with Crippen LogP contribution in [0.4, 0.5) is 4.79 Å². The van der Waals surface area contributed by atoms with Gasteiger partial charge in [-0.25, -0.2) is 4.79 Å². The molecule has 2 heterocycles.